The van der Waals surface area contributed by atoms with Crippen molar-refractivity contribution in [3.05, 3.63) is 59.7 Å². The molecular formula is C20H23NO4. The molecule has 0 unspecified atom stereocenters. The maximum Gasteiger partial charge on any atom is 0.220 e. The van der Waals surface area contributed by atoms with Gasteiger partial charge in [-0.3, -0.25) is 9.59 Å². The summed E-state index contributed by atoms with van der Waals surface area (Å²) in [6, 6.07) is 14.7. The summed E-state index contributed by atoms with van der Waals surface area (Å²) in [6.45, 7) is 0.507. The molecule has 0 saturated heterocycles. The van der Waals surface area contributed by atoms with E-state index in [1.54, 1.807) is 38.5 Å². The van der Waals surface area contributed by atoms with E-state index in [1.807, 2.05) is 24.3 Å². The molecule has 1 N–H and O–H groups in total. The van der Waals surface area contributed by atoms with Crippen molar-refractivity contribution in [2.75, 3.05) is 20.8 Å². The van der Waals surface area contributed by atoms with Gasteiger partial charge >= 0.3 is 0 Å². The van der Waals surface area contributed by atoms with Gasteiger partial charge < -0.3 is 14.8 Å². The van der Waals surface area contributed by atoms with E-state index in [-0.39, 0.29) is 24.5 Å². The van der Waals surface area contributed by atoms with Crippen LogP contribution in [0.15, 0.2) is 48.5 Å². The largest absolute Gasteiger partial charge is 0.497 e. The first-order chi connectivity index (χ1) is 12.1. The number of nitrogens with one attached hydrogen (secondary N) is 1. The lowest BCUT2D eigenvalue weighted by Crippen LogP contribution is -2.26. The Hall–Kier alpha value is -2.82. The monoisotopic (exact) mass is 341 g/mol. The van der Waals surface area contributed by atoms with Crippen molar-refractivity contribution in [1.29, 1.82) is 0 Å². The van der Waals surface area contributed by atoms with Crippen molar-refractivity contribution in [3.63, 3.8) is 0 Å². The first-order valence-corrected chi connectivity index (χ1v) is 8.20. The van der Waals surface area contributed by atoms with Gasteiger partial charge in [-0.15, -0.1) is 0 Å². The third-order valence-corrected chi connectivity index (χ3v) is 3.88. The fraction of sp³-hybridized carbons (Fsp3) is 0.300. The number of para-hydroxylation sites is 1. The average molecular weight is 341 g/mol. The number of Topliss-reactive ketones (excluding diaryl/α,β-unsaturated/α-hetero) is 1. The van der Waals surface area contributed by atoms with Crippen LogP contribution in [0.4, 0.5) is 0 Å². The van der Waals surface area contributed by atoms with E-state index in [2.05, 4.69) is 5.32 Å². The van der Waals surface area contributed by atoms with Crippen LogP contribution in [0.5, 0.6) is 11.5 Å². The van der Waals surface area contributed by atoms with Crippen LogP contribution in [0.3, 0.4) is 0 Å². The fourth-order valence-corrected chi connectivity index (χ4v) is 2.50. The maximum absolute atomic E-state index is 12.1. The zero-order valence-corrected chi connectivity index (χ0v) is 14.6. The van der Waals surface area contributed by atoms with E-state index in [4.69, 9.17) is 9.47 Å². The summed E-state index contributed by atoms with van der Waals surface area (Å²) in [4.78, 5) is 24.1. The molecule has 5 heteroatoms. The van der Waals surface area contributed by atoms with Gasteiger partial charge in [0.25, 0.3) is 0 Å². The molecule has 25 heavy (non-hydrogen) atoms. The number of ketones is 1. The SMILES string of the molecule is COc1cccc(C(=O)CCC(=O)NCCc2ccccc2OC)c1. The summed E-state index contributed by atoms with van der Waals surface area (Å²) in [6.07, 6.45) is 1.02. The second kappa shape index (κ2) is 9.47. The molecule has 0 aromatic heterocycles. The van der Waals surface area contributed by atoms with Gasteiger partial charge in [0.1, 0.15) is 11.5 Å². The normalized spacial score (nSPS) is 10.2. The Morgan fingerprint density at radius 3 is 2.52 bits per heavy atom. The highest BCUT2D eigenvalue weighted by molar-refractivity contribution is 5.98. The van der Waals surface area contributed by atoms with Crippen molar-refractivity contribution >= 4 is 11.7 Å². The molecule has 2 aromatic carbocycles. The minimum absolute atomic E-state index is 0.0706. The van der Waals surface area contributed by atoms with E-state index in [0.29, 0.717) is 24.3 Å². The van der Waals surface area contributed by atoms with E-state index in [1.165, 1.54) is 0 Å². The van der Waals surface area contributed by atoms with Crippen LogP contribution in [0.2, 0.25) is 0 Å². The van der Waals surface area contributed by atoms with Gasteiger partial charge in [0, 0.05) is 24.9 Å². The Morgan fingerprint density at radius 1 is 0.960 bits per heavy atom. The maximum atomic E-state index is 12.1. The van der Waals surface area contributed by atoms with Crippen molar-refractivity contribution in [1.82, 2.24) is 5.32 Å². The summed E-state index contributed by atoms with van der Waals surface area (Å²) in [7, 11) is 3.18. The summed E-state index contributed by atoms with van der Waals surface area (Å²) < 4.78 is 10.4. The number of rotatable bonds is 9. The van der Waals surface area contributed by atoms with E-state index >= 15 is 0 Å². The van der Waals surface area contributed by atoms with Crippen molar-refractivity contribution < 1.29 is 19.1 Å². The third-order valence-electron chi connectivity index (χ3n) is 3.88. The molecule has 5 nitrogen and oxygen atoms in total. The highest BCUT2D eigenvalue weighted by Gasteiger charge is 2.10. The van der Waals surface area contributed by atoms with Crippen LogP contribution in [-0.2, 0) is 11.2 Å². The average Bonchev–Trinajstić information content (AvgIpc) is 2.66. The molecule has 0 aliphatic heterocycles. The molecule has 0 spiro atoms. The molecule has 0 aliphatic carbocycles. The van der Waals surface area contributed by atoms with Crippen LogP contribution in [0, 0.1) is 0 Å². The predicted molar refractivity (Wildman–Crippen MR) is 96.3 cm³/mol. The number of hydrogen-bond donors (Lipinski definition) is 1. The Labute approximate surface area is 148 Å². The first kappa shape index (κ1) is 18.5. The molecule has 0 atom stereocenters. The lowest BCUT2D eigenvalue weighted by molar-refractivity contribution is -0.121. The number of ether oxygens (including phenoxy) is 2. The molecule has 0 heterocycles. The molecule has 2 rings (SSSR count). The van der Waals surface area contributed by atoms with E-state index < -0.39 is 0 Å². The quantitative estimate of drug-likeness (QED) is 0.712. The molecule has 0 radical (unpaired) electrons. The lowest BCUT2D eigenvalue weighted by Gasteiger charge is -2.09. The number of methoxy groups -OCH3 is 2. The fourth-order valence-electron chi connectivity index (χ4n) is 2.50. The summed E-state index contributed by atoms with van der Waals surface area (Å²) in [5.41, 5.74) is 1.60. The highest BCUT2D eigenvalue weighted by atomic mass is 16.5. The topological polar surface area (TPSA) is 64.6 Å². The first-order valence-electron chi connectivity index (χ1n) is 8.20. The van der Waals surface area contributed by atoms with E-state index in [0.717, 1.165) is 11.3 Å². The number of carbonyl (C=O) groups excluding carboxylic acids is 2. The van der Waals surface area contributed by atoms with Gasteiger partial charge in [-0.1, -0.05) is 30.3 Å². The van der Waals surface area contributed by atoms with Gasteiger partial charge in [0.2, 0.25) is 5.91 Å². The van der Waals surface area contributed by atoms with Crippen molar-refractivity contribution in [2.24, 2.45) is 0 Å². The third kappa shape index (κ3) is 5.64. The van der Waals surface area contributed by atoms with Gasteiger partial charge in [-0.05, 0) is 30.2 Å². The number of benzene rings is 2. The lowest BCUT2D eigenvalue weighted by atomic mass is 10.1. The van der Waals surface area contributed by atoms with Gasteiger partial charge in [0.05, 0.1) is 14.2 Å². The number of hydrogen-bond acceptors (Lipinski definition) is 4. The predicted octanol–water partition coefficient (Wildman–Crippen LogP) is 3.03. The molecule has 0 aliphatic rings. The van der Waals surface area contributed by atoms with Crippen LogP contribution in [0.1, 0.15) is 28.8 Å². The molecule has 0 saturated carbocycles. The van der Waals surface area contributed by atoms with Gasteiger partial charge in [-0.25, -0.2) is 0 Å². The van der Waals surface area contributed by atoms with Gasteiger partial charge in [-0.2, -0.15) is 0 Å². The second-order valence-corrected chi connectivity index (χ2v) is 5.57. The zero-order valence-electron chi connectivity index (χ0n) is 14.6. The van der Waals surface area contributed by atoms with Crippen LogP contribution in [0.25, 0.3) is 0 Å². The molecule has 1 amide bonds. The Bertz CT molecular complexity index is 727. The van der Waals surface area contributed by atoms with E-state index in [9.17, 15) is 9.59 Å². The number of amides is 1. The zero-order chi connectivity index (χ0) is 18.1. The Morgan fingerprint density at radius 2 is 1.76 bits per heavy atom. The summed E-state index contributed by atoms with van der Waals surface area (Å²) in [5, 5.41) is 2.84. The van der Waals surface area contributed by atoms with Crippen LogP contribution >= 0.6 is 0 Å². The van der Waals surface area contributed by atoms with Crippen molar-refractivity contribution in [3.8, 4) is 11.5 Å². The molecule has 0 bridgehead atoms. The summed E-state index contributed by atoms with van der Waals surface area (Å²) in [5.74, 6) is 1.24. The number of carbonyl (C=O) groups is 2. The van der Waals surface area contributed by atoms with Gasteiger partial charge in [0.15, 0.2) is 5.78 Å². The van der Waals surface area contributed by atoms with Crippen LogP contribution in [-0.4, -0.2) is 32.5 Å². The molecule has 0 fully saturated rings. The highest BCUT2D eigenvalue weighted by Crippen LogP contribution is 2.17. The van der Waals surface area contributed by atoms with Crippen molar-refractivity contribution in [2.45, 2.75) is 19.3 Å². The van der Waals surface area contributed by atoms with Crippen LogP contribution < -0.4 is 14.8 Å². The Kier molecular flexibility index (Phi) is 7.01. The smallest absolute Gasteiger partial charge is 0.220 e. The Balaban J connectivity index is 1.76. The molecule has 2 aromatic rings. The standard InChI is InChI=1S/C20H23NO4/c1-24-17-8-5-7-16(14-17)18(22)10-11-20(23)21-13-12-15-6-3-4-9-19(15)25-2/h3-9,14H,10-13H2,1-2H3,(H,21,23). The molecule has 132 valence electrons. The second-order valence-electron chi connectivity index (χ2n) is 5.57. The molecular weight excluding hydrogens is 318 g/mol. The minimum Gasteiger partial charge on any atom is -0.497 e. The summed E-state index contributed by atoms with van der Waals surface area (Å²) >= 11 is 0. The minimum atomic E-state index is -0.133.